The lowest BCUT2D eigenvalue weighted by molar-refractivity contribution is 0.0695. The normalized spacial score (nSPS) is 12.4. The van der Waals surface area contributed by atoms with Crippen molar-refractivity contribution in [2.45, 2.75) is 6.54 Å². The highest BCUT2D eigenvalue weighted by Gasteiger charge is 2.16. The third-order valence-electron chi connectivity index (χ3n) is 3.12. The van der Waals surface area contributed by atoms with Gasteiger partial charge in [-0.05, 0) is 12.1 Å². The van der Waals surface area contributed by atoms with Gasteiger partial charge in [0.1, 0.15) is 5.56 Å². The Morgan fingerprint density at radius 2 is 2.25 bits per heavy atom. The molecule has 7 heteroatoms. The quantitative estimate of drug-likeness (QED) is 0.878. The van der Waals surface area contributed by atoms with Gasteiger partial charge in [-0.1, -0.05) is 0 Å². The number of hydrogen-bond acceptors (Lipinski definition) is 5. The second-order valence-corrected chi connectivity index (χ2v) is 4.36. The zero-order valence-corrected chi connectivity index (χ0v) is 10.8. The molecule has 0 atom stereocenters. The van der Waals surface area contributed by atoms with Gasteiger partial charge < -0.3 is 19.9 Å². The maximum Gasteiger partial charge on any atom is 0.339 e. The number of anilines is 1. The van der Waals surface area contributed by atoms with E-state index in [1.54, 1.807) is 11.7 Å². The van der Waals surface area contributed by atoms with Crippen LogP contribution in [0.25, 0.3) is 0 Å². The molecule has 2 aromatic rings. The number of carboxylic acid groups (broad SMARTS) is 1. The number of aromatic nitrogens is 2. The lowest BCUT2D eigenvalue weighted by Crippen LogP contribution is -2.10. The van der Waals surface area contributed by atoms with Crippen molar-refractivity contribution < 1.29 is 19.4 Å². The predicted octanol–water partition coefficient (Wildman–Crippen LogP) is 1.46. The van der Waals surface area contributed by atoms with Gasteiger partial charge in [0, 0.05) is 18.8 Å². The van der Waals surface area contributed by atoms with E-state index in [4.69, 9.17) is 14.6 Å². The van der Waals surface area contributed by atoms with Gasteiger partial charge in [0.05, 0.1) is 18.4 Å². The van der Waals surface area contributed by atoms with Crippen LogP contribution in [0.5, 0.6) is 11.5 Å². The lowest BCUT2D eigenvalue weighted by atomic mass is 10.2. The van der Waals surface area contributed by atoms with Crippen molar-refractivity contribution in [2.75, 3.05) is 12.1 Å². The molecule has 1 aliphatic heterocycles. The Kier molecular flexibility index (Phi) is 2.94. The molecule has 1 aliphatic rings. The standard InChI is InChI=1S/C13H13N3O4/c1-16-10(9(5-15-16)13(17)18)6-14-8-2-3-11-12(4-8)20-7-19-11/h2-5,14H,6-7H2,1H3,(H,17,18). The van der Waals surface area contributed by atoms with Crippen LogP contribution in [0.3, 0.4) is 0 Å². The molecule has 20 heavy (non-hydrogen) atoms. The highest BCUT2D eigenvalue weighted by Crippen LogP contribution is 2.34. The van der Waals surface area contributed by atoms with Crippen LogP contribution < -0.4 is 14.8 Å². The summed E-state index contributed by atoms with van der Waals surface area (Å²) in [4.78, 5) is 11.1. The molecule has 0 spiro atoms. The first kappa shape index (κ1) is 12.3. The summed E-state index contributed by atoms with van der Waals surface area (Å²) in [6, 6.07) is 5.48. The number of carboxylic acids is 1. The zero-order valence-electron chi connectivity index (χ0n) is 10.8. The van der Waals surface area contributed by atoms with E-state index in [9.17, 15) is 4.79 Å². The Labute approximate surface area is 114 Å². The molecule has 7 nitrogen and oxygen atoms in total. The summed E-state index contributed by atoms with van der Waals surface area (Å²) in [5.74, 6) is 0.404. The molecular formula is C13H13N3O4. The third kappa shape index (κ3) is 2.13. The molecule has 0 unspecified atom stereocenters. The molecule has 0 aliphatic carbocycles. The number of nitrogens with one attached hydrogen (secondary N) is 1. The van der Waals surface area contributed by atoms with Gasteiger partial charge in [-0.2, -0.15) is 5.10 Å². The number of nitrogens with zero attached hydrogens (tertiary/aromatic N) is 2. The Morgan fingerprint density at radius 1 is 1.45 bits per heavy atom. The first-order chi connectivity index (χ1) is 9.65. The number of fused-ring (bicyclic) bond motifs is 1. The number of benzene rings is 1. The first-order valence-corrected chi connectivity index (χ1v) is 6.03. The van der Waals surface area contributed by atoms with Crippen molar-refractivity contribution in [1.82, 2.24) is 9.78 Å². The smallest absolute Gasteiger partial charge is 0.339 e. The maximum atomic E-state index is 11.1. The fraction of sp³-hybridized carbons (Fsp3) is 0.231. The van der Waals surface area contributed by atoms with Crippen LogP contribution in [-0.2, 0) is 13.6 Å². The van der Waals surface area contributed by atoms with E-state index in [2.05, 4.69) is 10.4 Å². The Hall–Kier alpha value is -2.70. The third-order valence-corrected chi connectivity index (χ3v) is 3.12. The average Bonchev–Trinajstić information content (AvgIpc) is 3.02. The highest BCUT2D eigenvalue weighted by atomic mass is 16.7. The molecule has 2 heterocycles. The van der Waals surface area contributed by atoms with E-state index in [0.717, 1.165) is 5.69 Å². The second kappa shape index (κ2) is 4.76. The number of rotatable bonds is 4. The first-order valence-electron chi connectivity index (χ1n) is 6.03. The molecular weight excluding hydrogens is 262 g/mol. The van der Waals surface area contributed by atoms with Gasteiger partial charge in [-0.25, -0.2) is 4.79 Å². The van der Waals surface area contributed by atoms with Gasteiger partial charge in [0.25, 0.3) is 0 Å². The molecule has 0 fully saturated rings. The minimum absolute atomic E-state index is 0.195. The summed E-state index contributed by atoms with van der Waals surface area (Å²) in [6.07, 6.45) is 1.35. The molecule has 2 N–H and O–H groups in total. The Balaban J connectivity index is 1.77. The van der Waals surface area contributed by atoms with E-state index in [0.29, 0.717) is 23.7 Å². The van der Waals surface area contributed by atoms with Crippen LogP contribution in [0.15, 0.2) is 24.4 Å². The van der Waals surface area contributed by atoms with E-state index < -0.39 is 5.97 Å². The van der Waals surface area contributed by atoms with Crippen molar-refractivity contribution in [2.24, 2.45) is 7.05 Å². The van der Waals surface area contributed by atoms with Gasteiger partial charge in [0.2, 0.25) is 6.79 Å². The van der Waals surface area contributed by atoms with Crippen LogP contribution in [0.1, 0.15) is 16.1 Å². The summed E-state index contributed by atoms with van der Waals surface area (Å²) in [6.45, 7) is 0.585. The van der Waals surface area contributed by atoms with Crippen molar-refractivity contribution in [3.8, 4) is 11.5 Å². The summed E-state index contributed by atoms with van der Waals surface area (Å²) in [5, 5.41) is 16.2. The van der Waals surface area contributed by atoms with E-state index in [1.165, 1.54) is 6.20 Å². The summed E-state index contributed by atoms with van der Waals surface area (Å²) in [5.41, 5.74) is 1.63. The largest absolute Gasteiger partial charge is 0.478 e. The molecule has 0 amide bonds. The minimum Gasteiger partial charge on any atom is -0.478 e. The van der Waals surface area contributed by atoms with Gasteiger partial charge in [0.15, 0.2) is 11.5 Å². The summed E-state index contributed by atoms with van der Waals surface area (Å²) >= 11 is 0. The molecule has 0 radical (unpaired) electrons. The van der Waals surface area contributed by atoms with E-state index >= 15 is 0 Å². The predicted molar refractivity (Wildman–Crippen MR) is 70.1 cm³/mol. The van der Waals surface area contributed by atoms with Gasteiger partial charge >= 0.3 is 5.97 Å². The topological polar surface area (TPSA) is 85.6 Å². The number of aryl methyl sites for hydroxylation is 1. The Morgan fingerprint density at radius 3 is 3.05 bits per heavy atom. The maximum absolute atomic E-state index is 11.1. The van der Waals surface area contributed by atoms with Crippen molar-refractivity contribution in [1.29, 1.82) is 0 Å². The summed E-state index contributed by atoms with van der Waals surface area (Å²) in [7, 11) is 1.71. The number of hydrogen-bond donors (Lipinski definition) is 2. The van der Waals surface area contributed by atoms with Crippen LogP contribution in [0.4, 0.5) is 5.69 Å². The average molecular weight is 275 g/mol. The van der Waals surface area contributed by atoms with Gasteiger partial charge in [-0.3, -0.25) is 4.68 Å². The summed E-state index contributed by atoms with van der Waals surface area (Å²) < 4.78 is 12.1. The fourth-order valence-corrected chi connectivity index (χ4v) is 2.04. The molecule has 1 aromatic carbocycles. The van der Waals surface area contributed by atoms with E-state index in [-0.39, 0.29) is 12.4 Å². The van der Waals surface area contributed by atoms with Crippen LogP contribution in [0, 0.1) is 0 Å². The molecule has 1 aromatic heterocycles. The molecule has 104 valence electrons. The van der Waals surface area contributed by atoms with Crippen molar-refractivity contribution in [3.63, 3.8) is 0 Å². The molecule has 3 rings (SSSR count). The second-order valence-electron chi connectivity index (χ2n) is 4.36. The molecule has 0 saturated carbocycles. The highest BCUT2D eigenvalue weighted by molar-refractivity contribution is 5.88. The molecule has 0 bridgehead atoms. The molecule has 0 saturated heterocycles. The van der Waals surface area contributed by atoms with Crippen LogP contribution in [0.2, 0.25) is 0 Å². The fourth-order valence-electron chi connectivity index (χ4n) is 2.04. The monoisotopic (exact) mass is 275 g/mol. The number of carbonyl (C=O) groups is 1. The minimum atomic E-state index is -0.986. The van der Waals surface area contributed by atoms with Crippen molar-refractivity contribution in [3.05, 3.63) is 35.7 Å². The SMILES string of the molecule is Cn1ncc(C(=O)O)c1CNc1ccc2c(c1)OCO2. The zero-order chi connectivity index (χ0) is 14.1. The van der Waals surface area contributed by atoms with Crippen LogP contribution in [-0.4, -0.2) is 27.6 Å². The van der Waals surface area contributed by atoms with Crippen LogP contribution >= 0.6 is 0 Å². The number of ether oxygens (including phenoxy) is 2. The van der Waals surface area contributed by atoms with Gasteiger partial charge in [-0.15, -0.1) is 0 Å². The van der Waals surface area contributed by atoms with Crippen molar-refractivity contribution >= 4 is 11.7 Å². The number of aromatic carboxylic acids is 1. The Bertz CT molecular complexity index is 666. The lowest BCUT2D eigenvalue weighted by Gasteiger charge is -2.08. The van der Waals surface area contributed by atoms with E-state index in [1.807, 2.05) is 18.2 Å².